The number of hydrogen-bond donors (Lipinski definition) is 1. The fraction of sp³-hybridized carbons (Fsp3) is 0.857. The second-order valence-electron chi connectivity index (χ2n) is 2.81. The number of rotatable bonds is 1. The third kappa shape index (κ3) is 1.30. The summed E-state index contributed by atoms with van der Waals surface area (Å²) in [5.41, 5.74) is 0. The normalized spacial score (nSPS) is 34.9. The van der Waals surface area contributed by atoms with Crippen LogP contribution in [0.15, 0.2) is 0 Å². The number of Topliss-reactive ketones (excluding diaryl/α,β-unsaturated/α-hetero) is 1. The molecule has 0 radical (unpaired) electrons. The van der Waals surface area contributed by atoms with Gasteiger partial charge in [-0.05, 0) is 25.8 Å². The Labute approximate surface area is 55.6 Å². The van der Waals surface area contributed by atoms with Crippen molar-refractivity contribution in [3.05, 3.63) is 0 Å². The summed E-state index contributed by atoms with van der Waals surface area (Å²) in [6.07, 6.45) is 1.14. The van der Waals surface area contributed by atoms with Crippen molar-refractivity contribution >= 4 is 5.78 Å². The summed E-state index contributed by atoms with van der Waals surface area (Å²) >= 11 is 0. The van der Waals surface area contributed by atoms with Gasteiger partial charge in [-0.1, -0.05) is 6.92 Å². The van der Waals surface area contributed by atoms with Crippen LogP contribution in [0, 0.1) is 5.92 Å². The molecule has 0 amide bonds. The molecule has 0 aromatic rings. The fourth-order valence-electron chi connectivity index (χ4n) is 1.38. The Balaban J connectivity index is 2.49. The van der Waals surface area contributed by atoms with Gasteiger partial charge in [0.1, 0.15) is 5.78 Å². The van der Waals surface area contributed by atoms with Gasteiger partial charge in [0, 0.05) is 0 Å². The SMILES string of the molecule is CC(=O)C1NCC[C@H]1C. The van der Waals surface area contributed by atoms with E-state index in [-0.39, 0.29) is 11.8 Å². The molecule has 1 saturated heterocycles. The Kier molecular flexibility index (Phi) is 1.86. The lowest BCUT2D eigenvalue weighted by atomic mass is 10.0. The van der Waals surface area contributed by atoms with Crippen molar-refractivity contribution in [3.8, 4) is 0 Å². The van der Waals surface area contributed by atoms with Gasteiger partial charge in [-0.2, -0.15) is 0 Å². The molecule has 1 aliphatic rings. The van der Waals surface area contributed by atoms with Crippen molar-refractivity contribution in [2.24, 2.45) is 5.92 Å². The average Bonchev–Trinajstić information content (AvgIpc) is 2.13. The summed E-state index contributed by atoms with van der Waals surface area (Å²) in [4.78, 5) is 10.8. The van der Waals surface area contributed by atoms with Crippen LogP contribution in [0.4, 0.5) is 0 Å². The zero-order chi connectivity index (χ0) is 6.85. The van der Waals surface area contributed by atoms with E-state index >= 15 is 0 Å². The molecule has 52 valence electrons. The maximum Gasteiger partial charge on any atom is 0.146 e. The second-order valence-corrected chi connectivity index (χ2v) is 2.81. The Hall–Kier alpha value is -0.370. The smallest absolute Gasteiger partial charge is 0.146 e. The Morgan fingerprint density at radius 2 is 2.33 bits per heavy atom. The average molecular weight is 127 g/mol. The number of ketones is 1. The first-order chi connectivity index (χ1) is 4.22. The molecule has 1 heterocycles. The summed E-state index contributed by atoms with van der Waals surface area (Å²) < 4.78 is 0. The molecule has 1 N–H and O–H groups in total. The van der Waals surface area contributed by atoms with Crippen molar-refractivity contribution in [1.29, 1.82) is 0 Å². The van der Waals surface area contributed by atoms with Crippen molar-refractivity contribution in [3.63, 3.8) is 0 Å². The van der Waals surface area contributed by atoms with E-state index in [0.29, 0.717) is 5.92 Å². The van der Waals surface area contributed by atoms with Crippen LogP contribution in [0.5, 0.6) is 0 Å². The third-order valence-corrected chi connectivity index (χ3v) is 1.97. The maximum absolute atomic E-state index is 10.8. The molecule has 1 fully saturated rings. The first-order valence-corrected chi connectivity index (χ1v) is 3.45. The lowest BCUT2D eigenvalue weighted by molar-refractivity contribution is -0.119. The summed E-state index contributed by atoms with van der Waals surface area (Å²) in [6, 6.07) is 0.144. The topological polar surface area (TPSA) is 29.1 Å². The second kappa shape index (κ2) is 2.48. The van der Waals surface area contributed by atoms with Gasteiger partial charge in [0.05, 0.1) is 6.04 Å². The van der Waals surface area contributed by atoms with Crippen LogP contribution in [-0.2, 0) is 4.79 Å². The van der Waals surface area contributed by atoms with Gasteiger partial charge in [0.2, 0.25) is 0 Å². The summed E-state index contributed by atoms with van der Waals surface area (Å²) in [5, 5.41) is 3.16. The maximum atomic E-state index is 10.8. The van der Waals surface area contributed by atoms with E-state index in [1.807, 2.05) is 0 Å². The van der Waals surface area contributed by atoms with Gasteiger partial charge >= 0.3 is 0 Å². The minimum absolute atomic E-state index is 0.144. The van der Waals surface area contributed by atoms with Gasteiger partial charge in [0.15, 0.2) is 0 Å². The van der Waals surface area contributed by atoms with Crippen LogP contribution < -0.4 is 5.32 Å². The van der Waals surface area contributed by atoms with Crippen molar-refractivity contribution in [2.75, 3.05) is 6.54 Å². The zero-order valence-electron chi connectivity index (χ0n) is 5.98. The standard InChI is InChI=1S/C7H13NO/c1-5-3-4-8-7(5)6(2)9/h5,7-8H,3-4H2,1-2H3/t5-,7?/m1/s1. The Morgan fingerprint density at radius 1 is 1.67 bits per heavy atom. The Morgan fingerprint density at radius 3 is 2.56 bits per heavy atom. The first-order valence-electron chi connectivity index (χ1n) is 3.45. The third-order valence-electron chi connectivity index (χ3n) is 1.97. The highest BCUT2D eigenvalue weighted by atomic mass is 16.1. The highest BCUT2D eigenvalue weighted by Gasteiger charge is 2.25. The number of hydrogen-bond acceptors (Lipinski definition) is 2. The van der Waals surface area contributed by atoms with E-state index < -0.39 is 0 Å². The van der Waals surface area contributed by atoms with Gasteiger partial charge in [-0.3, -0.25) is 4.79 Å². The fourth-order valence-corrected chi connectivity index (χ4v) is 1.38. The molecule has 0 saturated carbocycles. The molecule has 0 aliphatic carbocycles. The van der Waals surface area contributed by atoms with E-state index in [0.717, 1.165) is 13.0 Å². The molecule has 0 bridgehead atoms. The van der Waals surface area contributed by atoms with Crippen LogP contribution >= 0.6 is 0 Å². The number of carbonyl (C=O) groups excluding carboxylic acids is 1. The minimum Gasteiger partial charge on any atom is -0.307 e. The molecule has 2 nitrogen and oxygen atoms in total. The first kappa shape index (κ1) is 6.75. The molecule has 1 unspecified atom stereocenters. The number of nitrogens with one attached hydrogen (secondary N) is 1. The Bertz CT molecular complexity index is 122. The summed E-state index contributed by atoms with van der Waals surface area (Å²) in [6.45, 7) is 4.77. The van der Waals surface area contributed by atoms with Gasteiger partial charge in [-0.15, -0.1) is 0 Å². The molecular formula is C7H13NO. The quantitative estimate of drug-likeness (QED) is 0.558. The molecule has 2 heteroatoms. The molecular weight excluding hydrogens is 114 g/mol. The highest BCUT2D eigenvalue weighted by Crippen LogP contribution is 2.14. The largest absolute Gasteiger partial charge is 0.307 e. The number of carbonyl (C=O) groups is 1. The predicted octanol–water partition coefficient (Wildman–Crippen LogP) is 0.573. The zero-order valence-corrected chi connectivity index (χ0v) is 5.98. The van der Waals surface area contributed by atoms with E-state index in [4.69, 9.17) is 0 Å². The molecule has 0 aromatic heterocycles. The monoisotopic (exact) mass is 127 g/mol. The van der Waals surface area contributed by atoms with Crippen molar-refractivity contribution < 1.29 is 4.79 Å². The molecule has 1 aliphatic heterocycles. The predicted molar refractivity (Wildman–Crippen MR) is 36.3 cm³/mol. The van der Waals surface area contributed by atoms with Crippen molar-refractivity contribution in [1.82, 2.24) is 5.32 Å². The minimum atomic E-state index is 0.144. The van der Waals surface area contributed by atoms with Crippen LogP contribution in [0.25, 0.3) is 0 Å². The van der Waals surface area contributed by atoms with Crippen LogP contribution in [0.1, 0.15) is 20.3 Å². The van der Waals surface area contributed by atoms with Crippen LogP contribution in [0.2, 0.25) is 0 Å². The molecule has 0 spiro atoms. The summed E-state index contributed by atoms with van der Waals surface area (Å²) in [5.74, 6) is 0.822. The van der Waals surface area contributed by atoms with Gasteiger partial charge in [0.25, 0.3) is 0 Å². The van der Waals surface area contributed by atoms with Crippen LogP contribution in [0.3, 0.4) is 0 Å². The molecule has 9 heavy (non-hydrogen) atoms. The molecule has 1 rings (SSSR count). The van der Waals surface area contributed by atoms with E-state index in [2.05, 4.69) is 12.2 Å². The van der Waals surface area contributed by atoms with Crippen LogP contribution in [-0.4, -0.2) is 18.4 Å². The summed E-state index contributed by atoms with van der Waals surface area (Å²) in [7, 11) is 0. The highest BCUT2D eigenvalue weighted by molar-refractivity contribution is 5.82. The van der Waals surface area contributed by atoms with Gasteiger partial charge in [-0.25, -0.2) is 0 Å². The lowest BCUT2D eigenvalue weighted by Crippen LogP contribution is -2.32. The van der Waals surface area contributed by atoms with Gasteiger partial charge < -0.3 is 5.32 Å². The van der Waals surface area contributed by atoms with E-state index in [1.54, 1.807) is 6.92 Å². The lowest BCUT2D eigenvalue weighted by Gasteiger charge is -2.09. The van der Waals surface area contributed by atoms with E-state index in [9.17, 15) is 4.79 Å². The molecule has 0 aromatic carbocycles. The molecule has 2 atom stereocenters. The van der Waals surface area contributed by atoms with E-state index in [1.165, 1.54) is 0 Å². The van der Waals surface area contributed by atoms with Crippen molar-refractivity contribution in [2.45, 2.75) is 26.3 Å².